The lowest BCUT2D eigenvalue weighted by Gasteiger charge is -2.20. The average Bonchev–Trinajstić information content (AvgIpc) is 2.41. The molecule has 2 aromatic carbocycles. The fraction of sp³-hybridized carbons (Fsp3) is 0.294. The lowest BCUT2D eigenvalue weighted by Crippen LogP contribution is -2.30. The van der Waals surface area contributed by atoms with Crippen molar-refractivity contribution >= 4 is 27.5 Å². The highest BCUT2D eigenvalue weighted by Crippen LogP contribution is 2.19. The highest BCUT2D eigenvalue weighted by Gasteiger charge is 2.10. The predicted octanol–water partition coefficient (Wildman–Crippen LogP) is 5.38. The maximum Gasteiger partial charge on any atom is 0.0406 e. The van der Waals surface area contributed by atoms with Gasteiger partial charge in [0.05, 0.1) is 0 Å². The van der Waals surface area contributed by atoms with Crippen molar-refractivity contribution in [2.45, 2.75) is 32.4 Å². The molecule has 106 valence electrons. The van der Waals surface area contributed by atoms with Gasteiger partial charge in [0.1, 0.15) is 0 Å². The van der Waals surface area contributed by atoms with Crippen molar-refractivity contribution in [1.29, 1.82) is 0 Å². The quantitative estimate of drug-likeness (QED) is 0.761. The fourth-order valence-corrected chi connectivity index (χ4v) is 2.87. The van der Waals surface area contributed by atoms with Gasteiger partial charge in [0.2, 0.25) is 0 Å². The second-order valence-electron chi connectivity index (χ2n) is 5.17. The largest absolute Gasteiger partial charge is 0.307 e. The second kappa shape index (κ2) is 7.26. The third-order valence-corrected chi connectivity index (χ3v) is 4.08. The SMILES string of the molecule is CC(Cc1ccc(Cl)cc1)N[C@@H](C)c1cccc(Br)c1. The zero-order valence-corrected chi connectivity index (χ0v) is 14.1. The van der Waals surface area contributed by atoms with Crippen LogP contribution in [0.4, 0.5) is 0 Å². The Bertz CT molecular complexity index is 553. The molecule has 0 aliphatic carbocycles. The molecule has 2 aromatic rings. The summed E-state index contributed by atoms with van der Waals surface area (Å²) in [7, 11) is 0. The van der Waals surface area contributed by atoms with E-state index in [4.69, 9.17) is 11.6 Å². The molecule has 0 aromatic heterocycles. The first kappa shape index (κ1) is 15.6. The summed E-state index contributed by atoms with van der Waals surface area (Å²) in [6.45, 7) is 4.41. The molecule has 2 rings (SSSR count). The van der Waals surface area contributed by atoms with Gasteiger partial charge in [-0.2, -0.15) is 0 Å². The zero-order valence-electron chi connectivity index (χ0n) is 11.7. The number of benzene rings is 2. The number of nitrogens with one attached hydrogen (secondary N) is 1. The zero-order chi connectivity index (χ0) is 14.5. The van der Waals surface area contributed by atoms with E-state index in [2.05, 4.69) is 65.4 Å². The molecule has 0 aliphatic heterocycles. The molecule has 0 heterocycles. The lowest BCUT2D eigenvalue weighted by molar-refractivity contribution is 0.477. The summed E-state index contributed by atoms with van der Waals surface area (Å²) >= 11 is 9.42. The number of hydrogen-bond donors (Lipinski definition) is 1. The van der Waals surface area contributed by atoms with E-state index in [0.29, 0.717) is 12.1 Å². The van der Waals surface area contributed by atoms with Crippen LogP contribution >= 0.6 is 27.5 Å². The third kappa shape index (κ3) is 4.62. The van der Waals surface area contributed by atoms with Crippen LogP contribution in [0.15, 0.2) is 53.0 Å². The third-order valence-electron chi connectivity index (χ3n) is 3.34. The number of halogens is 2. The molecule has 0 aliphatic rings. The van der Waals surface area contributed by atoms with Gasteiger partial charge in [-0.3, -0.25) is 0 Å². The van der Waals surface area contributed by atoms with Crippen molar-refractivity contribution in [3.8, 4) is 0 Å². The first-order valence-electron chi connectivity index (χ1n) is 6.80. The Kier molecular flexibility index (Phi) is 5.64. The van der Waals surface area contributed by atoms with Crippen LogP contribution in [0.2, 0.25) is 5.02 Å². The predicted molar refractivity (Wildman–Crippen MR) is 90.3 cm³/mol. The van der Waals surface area contributed by atoms with E-state index >= 15 is 0 Å². The van der Waals surface area contributed by atoms with E-state index in [1.54, 1.807) is 0 Å². The molecule has 0 spiro atoms. The molecule has 0 saturated carbocycles. The van der Waals surface area contributed by atoms with Crippen molar-refractivity contribution in [2.24, 2.45) is 0 Å². The molecular weight excluding hydrogens is 334 g/mol. The molecule has 2 atom stereocenters. The monoisotopic (exact) mass is 351 g/mol. The van der Waals surface area contributed by atoms with Crippen LogP contribution in [0, 0.1) is 0 Å². The van der Waals surface area contributed by atoms with Crippen LogP contribution in [0.5, 0.6) is 0 Å². The van der Waals surface area contributed by atoms with E-state index in [0.717, 1.165) is 15.9 Å². The van der Waals surface area contributed by atoms with E-state index in [1.807, 2.05) is 18.2 Å². The van der Waals surface area contributed by atoms with Gasteiger partial charge in [-0.25, -0.2) is 0 Å². The van der Waals surface area contributed by atoms with Gasteiger partial charge < -0.3 is 5.32 Å². The summed E-state index contributed by atoms with van der Waals surface area (Å²) in [6.07, 6.45) is 0.996. The van der Waals surface area contributed by atoms with Crippen molar-refractivity contribution in [1.82, 2.24) is 5.32 Å². The molecule has 0 bridgehead atoms. The van der Waals surface area contributed by atoms with Crippen molar-refractivity contribution < 1.29 is 0 Å². The standard InChI is InChI=1S/C17H19BrClN/c1-12(10-14-6-8-17(19)9-7-14)20-13(2)15-4-3-5-16(18)11-15/h3-9,11-13,20H,10H2,1-2H3/t12?,13-/m0/s1. The first-order chi connectivity index (χ1) is 9.54. The van der Waals surface area contributed by atoms with Crippen LogP contribution in [-0.4, -0.2) is 6.04 Å². The van der Waals surface area contributed by atoms with Gasteiger partial charge >= 0.3 is 0 Å². The molecule has 0 amide bonds. The fourth-order valence-electron chi connectivity index (χ4n) is 2.33. The van der Waals surface area contributed by atoms with Crippen LogP contribution in [-0.2, 0) is 6.42 Å². The van der Waals surface area contributed by atoms with Gasteiger partial charge in [0.15, 0.2) is 0 Å². The van der Waals surface area contributed by atoms with Crippen LogP contribution in [0.1, 0.15) is 31.0 Å². The minimum absolute atomic E-state index is 0.329. The Hall–Kier alpha value is -0.830. The number of hydrogen-bond acceptors (Lipinski definition) is 1. The van der Waals surface area contributed by atoms with Gasteiger partial charge in [-0.1, -0.05) is 51.8 Å². The maximum atomic E-state index is 5.91. The maximum absolute atomic E-state index is 5.91. The van der Waals surface area contributed by atoms with Gasteiger partial charge in [-0.05, 0) is 55.7 Å². The molecule has 20 heavy (non-hydrogen) atoms. The first-order valence-corrected chi connectivity index (χ1v) is 7.97. The highest BCUT2D eigenvalue weighted by atomic mass is 79.9. The summed E-state index contributed by atoms with van der Waals surface area (Å²) in [5, 5.41) is 4.42. The Labute approximate surface area is 134 Å². The second-order valence-corrected chi connectivity index (χ2v) is 6.53. The van der Waals surface area contributed by atoms with Crippen LogP contribution < -0.4 is 5.32 Å². The molecule has 1 nitrogen and oxygen atoms in total. The summed E-state index contributed by atoms with van der Waals surface area (Å²) < 4.78 is 1.12. The Morgan fingerprint density at radius 3 is 2.45 bits per heavy atom. The number of rotatable bonds is 5. The van der Waals surface area contributed by atoms with Crippen LogP contribution in [0.25, 0.3) is 0 Å². The van der Waals surface area contributed by atoms with E-state index < -0.39 is 0 Å². The van der Waals surface area contributed by atoms with E-state index in [-0.39, 0.29) is 0 Å². The molecule has 1 N–H and O–H groups in total. The smallest absolute Gasteiger partial charge is 0.0406 e. The molecular formula is C17H19BrClN. The molecule has 0 fully saturated rings. The van der Waals surface area contributed by atoms with Crippen molar-refractivity contribution in [2.75, 3.05) is 0 Å². The van der Waals surface area contributed by atoms with Gasteiger partial charge in [0.25, 0.3) is 0 Å². The van der Waals surface area contributed by atoms with Gasteiger partial charge in [-0.15, -0.1) is 0 Å². The molecule has 0 saturated heterocycles. The Morgan fingerprint density at radius 2 is 1.80 bits per heavy atom. The van der Waals surface area contributed by atoms with Crippen LogP contribution in [0.3, 0.4) is 0 Å². The topological polar surface area (TPSA) is 12.0 Å². The molecule has 0 radical (unpaired) electrons. The lowest BCUT2D eigenvalue weighted by atomic mass is 10.0. The highest BCUT2D eigenvalue weighted by molar-refractivity contribution is 9.10. The van der Waals surface area contributed by atoms with E-state index in [9.17, 15) is 0 Å². The van der Waals surface area contributed by atoms with Crippen molar-refractivity contribution in [3.63, 3.8) is 0 Å². The van der Waals surface area contributed by atoms with Gasteiger partial charge in [0, 0.05) is 21.6 Å². The normalized spacial score (nSPS) is 14.0. The minimum atomic E-state index is 0.329. The Morgan fingerprint density at radius 1 is 1.10 bits per heavy atom. The molecule has 1 unspecified atom stereocenters. The molecule has 3 heteroatoms. The summed E-state index contributed by atoms with van der Waals surface area (Å²) in [6, 6.07) is 17.2. The summed E-state index contributed by atoms with van der Waals surface area (Å²) in [4.78, 5) is 0. The average molecular weight is 353 g/mol. The Balaban J connectivity index is 1.93. The van der Waals surface area contributed by atoms with E-state index in [1.165, 1.54) is 11.1 Å². The summed E-state index contributed by atoms with van der Waals surface area (Å²) in [5.74, 6) is 0. The van der Waals surface area contributed by atoms with Crippen molar-refractivity contribution in [3.05, 3.63) is 69.2 Å². The summed E-state index contributed by atoms with van der Waals surface area (Å²) in [5.41, 5.74) is 2.60. The minimum Gasteiger partial charge on any atom is -0.307 e.